The quantitative estimate of drug-likeness (QED) is 0.875. The predicted octanol–water partition coefficient (Wildman–Crippen LogP) is 2.98. The zero-order valence-corrected chi connectivity index (χ0v) is 11.2. The Balaban J connectivity index is 2.44. The van der Waals surface area contributed by atoms with E-state index in [2.05, 4.69) is 15.3 Å². The van der Waals surface area contributed by atoms with Crippen LogP contribution in [0.15, 0.2) is 18.2 Å². The summed E-state index contributed by atoms with van der Waals surface area (Å²) < 4.78 is 39.4. The summed E-state index contributed by atoms with van der Waals surface area (Å²) in [6, 6.07) is 3.57. The molecule has 0 fully saturated rings. The number of rotatable bonds is 4. The molecule has 2 aromatic rings. The average molecular weight is 281 g/mol. The van der Waals surface area contributed by atoms with Gasteiger partial charge in [0, 0.05) is 17.8 Å². The molecule has 0 aliphatic rings. The van der Waals surface area contributed by atoms with Gasteiger partial charge in [0.25, 0.3) is 0 Å². The van der Waals surface area contributed by atoms with E-state index >= 15 is 0 Å². The SMILES string of the molecule is CCNCc1cc(C)nc(-c2cc(F)c(F)c(F)c2)n1. The molecule has 2 rings (SSSR count). The minimum Gasteiger partial charge on any atom is -0.311 e. The third-order valence-corrected chi connectivity index (χ3v) is 2.71. The van der Waals surface area contributed by atoms with Crippen LogP contribution in [-0.4, -0.2) is 16.5 Å². The van der Waals surface area contributed by atoms with Crippen LogP contribution in [0.25, 0.3) is 11.4 Å². The van der Waals surface area contributed by atoms with E-state index in [1.807, 2.05) is 6.92 Å². The largest absolute Gasteiger partial charge is 0.311 e. The fourth-order valence-electron chi connectivity index (χ4n) is 1.79. The molecular formula is C14H14F3N3. The summed E-state index contributed by atoms with van der Waals surface area (Å²) in [6.45, 7) is 5.02. The molecule has 0 atom stereocenters. The van der Waals surface area contributed by atoms with E-state index in [-0.39, 0.29) is 11.4 Å². The molecule has 1 aromatic carbocycles. The van der Waals surface area contributed by atoms with E-state index in [9.17, 15) is 13.2 Å². The van der Waals surface area contributed by atoms with Crippen molar-refractivity contribution in [1.29, 1.82) is 0 Å². The van der Waals surface area contributed by atoms with Crippen LogP contribution in [0.1, 0.15) is 18.3 Å². The first-order valence-corrected chi connectivity index (χ1v) is 6.21. The Labute approximate surface area is 114 Å². The number of halogens is 3. The van der Waals surface area contributed by atoms with Gasteiger partial charge in [-0.1, -0.05) is 6.92 Å². The molecule has 0 spiro atoms. The summed E-state index contributed by atoms with van der Waals surface area (Å²) in [5.74, 6) is -3.82. The molecule has 3 nitrogen and oxygen atoms in total. The van der Waals surface area contributed by atoms with Crippen molar-refractivity contribution >= 4 is 0 Å². The number of benzene rings is 1. The lowest BCUT2D eigenvalue weighted by molar-refractivity contribution is 0.447. The molecule has 0 radical (unpaired) electrons. The van der Waals surface area contributed by atoms with Gasteiger partial charge >= 0.3 is 0 Å². The number of nitrogens with zero attached hydrogens (tertiary/aromatic N) is 2. The van der Waals surface area contributed by atoms with Crippen LogP contribution >= 0.6 is 0 Å². The van der Waals surface area contributed by atoms with Gasteiger partial charge in [0.05, 0.1) is 5.69 Å². The van der Waals surface area contributed by atoms with Gasteiger partial charge in [-0.2, -0.15) is 0 Å². The lowest BCUT2D eigenvalue weighted by Gasteiger charge is -2.07. The van der Waals surface area contributed by atoms with Crippen LogP contribution in [-0.2, 0) is 6.54 Å². The molecule has 0 amide bonds. The van der Waals surface area contributed by atoms with Crippen LogP contribution < -0.4 is 5.32 Å². The molecule has 0 saturated carbocycles. The van der Waals surface area contributed by atoms with Crippen molar-refractivity contribution in [3.63, 3.8) is 0 Å². The van der Waals surface area contributed by atoms with Crippen molar-refractivity contribution in [1.82, 2.24) is 15.3 Å². The molecule has 0 aliphatic carbocycles. The molecule has 106 valence electrons. The highest BCUT2D eigenvalue weighted by molar-refractivity contribution is 5.55. The Morgan fingerprint density at radius 3 is 2.30 bits per heavy atom. The van der Waals surface area contributed by atoms with Gasteiger partial charge in [-0.15, -0.1) is 0 Å². The molecule has 0 bridgehead atoms. The van der Waals surface area contributed by atoms with Gasteiger partial charge in [0.1, 0.15) is 0 Å². The van der Waals surface area contributed by atoms with Crippen LogP contribution in [0, 0.1) is 24.4 Å². The second-order valence-electron chi connectivity index (χ2n) is 4.36. The predicted molar refractivity (Wildman–Crippen MR) is 69.5 cm³/mol. The second-order valence-corrected chi connectivity index (χ2v) is 4.36. The van der Waals surface area contributed by atoms with Gasteiger partial charge in [0.15, 0.2) is 23.3 Å². The van der Waals surface area contributed by atoms with Crippen molar-refractivity contribution in [2.24, 2.45) is 0 Å². The zero-order chi connectivity index (χ0) is 14.7. The van der Waals surface area contributed by atoms with Crippen molar-refractivity contribution < 1.29 is 13.2 Å². The summed E-state index contributed by atoms with van der Waals surface area (Å²) in [5, 5.41) is 3.10. The Hall–Kier alpha value is -1.95. The van der Waals surface area contributed by atoms with E-state index in [4.69, 9.17) is 0 Å². The summed E-state index contributed by atoms with van der Waals surface area (Å²) in [7, 11) is 0. The number of hydrogen-bond donors (Lipinski definition) is 1. The van der Waals surface area contributed by atoms with Crippen LogP contribution in [0.4, 0.5) is 13.2 Å². The van der Waals surface area contributed by atoms with Gasteiger partial charge in [-0.05, 0) is 31.7 Å². The standard InChI is InChI=1S/C14H14F3N3/c1-3-18-7-10-4-8(2)19-14(20-10)9-5-11(15)13(17)12(16)6-9/h4-6,18H,3,7H2,1-2H3. The van der Waals surface area contributed by atoms with E-state index < -0.39 is 17.5 Å². The third-order valence-electron chi connectivity index (χ3n) is 2.71. The summed E-state index contributed by atoms with van der Waals surface area (Å²) >= 11 is 0. The van der Waals surface area contributed by atoms with E-state index in [0.717, 1.165) is 18.7 Å². The van der Waals surface area contributed by atoms with Crippen molar-refractivity contribution in [3.8, 4) is 11.4 Å². The molecule has 0 unspecified atom stereocenters. The lowest BCUT2D eigenvalue weighted by atomic mass is 10.2. The number of nitrogens with one attached hydrogen (secondary N) is 1. The minimum absolute atomic E-state index is 0.114. The molecule has 1 heterocycles. The van der Waals surface area contributed by atoms with Crippen LogP contribution in [0.2, 0.25) is 0 Å². The van der Waals surface area contributed by atoms with E-state index in [1.54, 1.807) is 13.0 Å². The molecule has 20 heavy (non-hydrogen) atoms. The monoisotopic (exact) mass is 281 g/mol. The van der Waals surface area contributed by atoms with Gasteiger partial charge < -0.3 is 5.32 Å². The zero-order valence-electron chi connectivity index (χ0n) is 11.2. The smallest absolute Gasteiger partial charge is 0.194 e. The highest BCUT2D eigenvalue weighted by Gasteiger charge is 2.14. The van der Waals surface area contributed by atoms with Gasteiger partial charge in [-0.3, -0.25) is 0 Å². The highest BCUT2D eigenvalue weighted by Crippen LogP contribution is 2.21. The first-order valence-electron chi connectivity index (χ1n) is 6.21. The maximum absolute atomic E-state index is 13.2. The van der Waals surface area contributed by atoms with Crippen molar-refractivity contribution in [2.45, 2.75) is 20.4 Å². The van der Waals surface area contributed by atoms with E-state index in [0.29, 0.717) is 17.9 Å². The first-order chi connectivity index (χ1) is 9.51. The summed E-state index contributed by atoms with van der Waals surface area (Å²) in [6.07, 6.45) is 0. The molecule has 1 aromatic heterocycles. The summed E-state index contributed by atoms with van der Waals surface area (Å²) in [5.41, 5.74) is 1.50. The first kappa shape index (κ1) is 14.5. The average Bonchev–Trinajstić information content (AvgIpc) is 2.41. The molecule has 0 aliphatic heterocycles. The minimum atomic E-state index is -1.49. The van der Waals surface area contributed by atoms with Gasteiger partial charge in [-0.25, -0.2) is 23.1 Å². The number of aryl methyl sites for hydroxylation is 1. The fraction of sp³-hybridized carbons (Fsp3) is 0.286. The molecular weight excluding hydrogens is 267 g/mol. The second kappa shape index (κ2) is 6.00. The lowest BCUT2D eigenvalue weighted by Crippen LogP contribution is -2.13. The molecule has 1 N–H and O–H groups in total. The van der Waals surface area contributed by atoms with Crippen LogP contribution in [0.3, 0.4) is 0 Å². The Kier molecular flexibility index (Phi) is 4.34. The Morgan fingerprint density at radius 1 is 1.05 bits per heavy atom. The Morgan fingerprint density at radius 2 is 1.70 bits per heavy atom. The van der Waals surface area contributed by atoms with Gasteiger partial charge in [0.2, 0.25) is 0 Å². The van der Waals surface area contributed by atoms with E-state index in [1.165, 1.54) is 0 Å². The highest BCUT2D eigenvalue weighted by atomic mass is 19.2. The van der Waals surface area contributed by atoms with Crippen molar-refractivity contribution in [2.75, 3.05) is 6.54 Å². The fourth-order valence-corrected chi connectivity index (χ4v) is 1.79. The normalized spacial score (nSPS) is 10.8. The third kappa shape index (κ3) is 3.14. The maximum atomic E-state index is 13.2. The summed E-state index contributed by atoms with van der Waals surface area (Å²) in [4.78, 5) is 8.35. The molecule has 0 saturated heterocycles. The topological polar surface area (TPSA) is 37.8 Å². The van der Waals surface area contributed by atoms with Crippen LogP contribution in [0.5, 0.6) is 0 Å². The number of hydrogen-bond acceptors (Lipinski definition) is 3. The van der Waals surface area contributed by atoms with Crippen molar-refractivity contribution in [3.05, 3.63) is 47.0 Å². The number of aromatic nitrogens is 2. The molecule has 6 heteroatoms. The Bertz CT molecular complexity index is 606. The maximum Gasteiger partial charge on any atom is 0.194 e.